The van der Waals surface area contributed by atoms with Crippen molar-refractivity contribution in [2.45, 2.75) is 32.0 Å². The Morgan fingerprint density at radius 2 is 2.14 bits per heavy atom. The molecule has 0 unspecified atom stereocenters. The van der Waals surface area contributed by atoms with Crippen molar-refractivity contribution in [3.05, 3.63) is 0 Å². The second-order valence-corrected chi connectivity index (χ2v) is 2.22. The lowest BCUT2D eigenvalue weighted by atomic mass is 10.2. The number of hydrogen-bond acceptors (Lipinski definition) is 2. The Hall–Kier alpha value is -0.0800. The van der Waals surface area contributed by atoms with E-state index in [1.54, 1.807) is 6.92 Å². The van der Waals surface area contributed by atoms with Crippen LogP contribution in [0.25, 0.3) is 0 Å². The minimum atomic E-state index is -0.171. The van der Waals surface area contributed by atoms with Gasteiger partial charge in [-0.2, -0.15) is 0 Å². The van der Waals surface area contributed by atoms with Gasteiger partial charge in [0, 0.05) is 12.1 Å². The fourth-order valence-electron chi connectivity index (χ4n) is 0.805. The fraction of sp³-hybridized carbons (Fsp3) is 1.00. The van der Waals surface area contributed by atoms with Gasteiger partial charge in [0.2, 0.25) is 0 Å². The van der Waals surface area contributed by atoms with Crippen molar-refractivity contribution in [3.8, 4) is 0 Å². The summed E-state index contributed by atoms with van der Waals surface area (Å²) in [7, 11) is 0. The van der Waals surface area contributed by atoms with Crippen molar-refractivity contribution in [1.82, 2.24) is 5.32 Å². The highest BCUT2D eigenvalue weighted by Gasteiger charge is 2.34. The van der Waals surface area contributed by atoms with E-state index >= 15 is 0 Å². The summed E-state index contributed by atoms with van der Waals surface area (Å²) in [6, 6.07) is 0.917. The van der Waals surface area contributed by atoms with Crippen LogP contribution in [0.5, 0.6) is 0 Å². The Morgan fingerprint density at radius 3 is 2.14 bits per heavy atom. The Bertz CT molecular complexity index is 72.5. The molecule has 2 heteroatoms. The molecule has 2 N–H and O–H groups in total. The van der Waals surface area contributed by atoms with E-state index in [1.807, 2.05) is 0 Å². The Balaban J connectivity index is 2.20. The topological polar surface area (TPSA) is 42.2 Å². The van der Waals surface area contributed by atoms with Gasteiger partial charge in [0.1, 0.15) is 0 Å². The lowest BCUT2D eigenvalue weighted by Crippen LogP contribution is -2.11. The van der Waals surface area contributed by atoms with Gasteiger partial charge in [-0.1, -0.05) is 0 Å². The van der Waals surface area contributed by atoms with Crippen LogP contribution in [0.15, 0.2) is 0 Å². The van der Waals surface area contributed by atoms with E-state index in [9.17, 15) is 0 Å². The monoisotopic (exact) mass is 101 g/mol. The number of nitrogens with one attached hydrogen (secondary N) is 1. The summed E-state index contributed by atoms with van der Waals surface area (Å²) in [5.41, 5.74) is 0. The summed E-state index contributed by atoms with van der Waals surface area (Å²) < 4.78 is 0. The van der Waals surface area contributed by atoms with Gasteiger partial charge in [-0.3, -0.25) is 0 Å². The first-order valence-corrected chi connectivity index (χ1v) is 2.66. The summed E-state index contributed by atoms with van der Waals surface area (Å²) in [5.74, 6) is 0. The summed E-state index contributed by atoms with van der Waals surface area (Å²) in [6.45, 7) is 3.87. The van der Waals surface area contributed by atoms with Gasteiger partial charge in [0.25, 0.3) is 0 Å². The molecule has 42 valence electrons. The standard InChI is InChI=1S/C5H11NO/c1-3-5(6-3)4(2)7/h3-7H,1-2H3/t3-,4-,5-/m0/s1. The predicted octanol–water partition coefficient (Wildman–Crippen LogP) is -0.273. The van der Waals surface area contributed by atoms with Gasteiger partial charge in [0.15, 0.2) is 0 Å². The molecule has 7 heavy (non-hydrogen) atoms. The zero-order valence-corrected chi connectivity index (χ0v) is 4.68. The molecule has 1 heterocycles. The van der Waals surface area contributed by atoms with Crippen LogP contribution in [0.4, 0.5) is 0 Å². The molecule has 0 aliphatic carbocycles. The third-order valence-electron chi connectivity index (χ3n) is 1.40. The Kier molecular flexibility index (Phi) is 1.05. The van der Waals surface area contributed by atoms with E-state index in [4.69, 9.17) is 5.11 Å². The Morgan fingerprint density at radius 1 is 1.71 bits per heavy atom. The van der Waals surface area contributed by atoms with Crippen LogP contribution >= 0.6 is 0 Å². The number of aliphatic hydroxyl groups is 1. The van der Waals surface area contributed by atoms with Gasteiger partial charge in [-0.05, 0) is 13.8 Å². The number of hydrogen-bond donors (Lipinski definition) is 2. The van der Waals surface area contributed by atoms with Crippen molar-refractivity contribution in [2.75, 3.05) is 0 Å². The van der Waals surface area contributed by atoms with E-state index in [0.717, 1.165) is 0 Å². The zero-order chi connectivity index (χ0) is 5.44. The second-order valence-electron chi connectivity index (χ2n) is 2.22. The van der Waals surface area contributed by atoms with Crippen molar-refractivity contribution in [2.24, 2.45) is 0 Å². The van der Waals surface area contributed by atoms with E-state index in [-0.39, 0.29) is 6.10 Å². The first-order valence-electron chi connectivity index (χ1n) is 2.66. The van der Waals surface area contributed by atoms with Crippen molar-refractivity contribution >= 4 is 0 Å². The highest BCUT2D eigenvalue weighted by Crippen LogP contribution is 2.12. The SMILES string of the molecule is C[C@H](O)[C@H]1N[C@H]1C. The lowest BCUT2D eigenvalue weighted by Gasteiger charge is -1.94. The molecule has 0 aromatic heterocycles. The van der Waals surface area contributed by atoms with Gasteiger partial charge in [-0.25, -0.2) is 0 Å². The molecule has 0 saturated carbocycles. The fourth-order valence-corrected chi connectivity index (χ4v) is 0.805. The van der Waals surface area contributed by atoms with Crippen LogP contribution < -0.4 is 5.32 Å². The summed E-state index contributed by atoms with van der Waals surface area (Å²) in [4.78, 5) is 0. The van der Waals surface area contributed by atoms with Crippen LogP contribution in [0.1, 0.15) is 13.8 Å². The van der Waals surface area contributed by atoms with Crippen LogP contribution in [-0.4, -0.2) is 23.3 Å². The van der Waals surface area contributed by atoms with Gasteiger partial charge in [0.05, 0.1) is 6.10 Å². The van der Waals surface area contributed by atoms with E-state index in [0.29, 0.717) is 12.1 Å². The molecule has 0 spiro atoms. The molecular formula is C5H11NO. The predicted molar refractivity (Wildman–Crippen MR) is 28.1 cm³/mol. The molecule has 1 aliphatic heterocycles. The van der Waals surface area contributed by atoms with Gasteiger partial charge in [-0.15, -0.1) is 0 Å². The average molecular weight is 101 g/mol. The highest BCUT2D eigenvalue weighted by molar-refractivity contribution is 4.97. The van der Waals surface area contributed by atoms with Crippen molar-refractivity contribution in [1.29, 1.82) is 0 Å². The average Bonchev–Trinajstić information content (AvgIpc) is 2.17. The first kappa shape index (κ1) is 5.06. The minimum Gasteiger partial charge on any atom is -0.392 e. The molecule has 1 fully saturated rings. The van der Waals surface area contributed by atoms with Crippen LogP contribution in [-0.2, 0) is 0 Å². The van der Waals surface area contributed by atoms with E-state index < -0.39 is 0 Å². The quantitative estimate of drug-likeness (QED) is 0.446. The molecule has 0 bridgehead atoms. The van der Waals surface area contributed by atoms with Crippen LogP contribution in [0, 0.1) is 0 Å². The molecule has 1 aliphatic rings. The normalized spacial score (nSPS) is 43.3. The second kappa shape index (κ2) is 1.46. The molecule has 1 saturated heterocycles. The molecule has 0 amide bonds. The molecule has 0 aromatic carbocycles. The molecule has 2 nitrogen and oxygen atoms in total. The maximum absolute atomic E-state index is 8.80. The number of rotatable bonds is 1. The zero-order valence-electron chi connectivity index (χ0n) is 4.68. The Labute approximate surface area is 43.5 Å². The first-order chi connectivity index (χ1) is 3.22. The third kappa shape index (κ3) is 0.924. The summed E-state index contributed by atoms with van der Waals surface area (Å²) in [6.07, 6.45) is -0.171. The van der Waals surface area contributed by atoms with Crippen LogP contribution in [0.3, 0.4) is 0 Å². The van der Waals surface area contributed by atoms with Gasteiger partial charge < -0.3 is 10.4 Å². The van der Waals surface area contributed by atoms with E-state index in [2.05, 4.69) is 12.2 Å². The smallest absolute Gasteiger partial charge is 0.0680 e. The number of aliphatic hydroxyl groups excluding tert-OH is 1. The van der Waals surface area contributed by atoms with E-state index in [1.165, 1.54) is 0 Å². The maximum Gasteiger partial charge on any atom is 0.0680 e. The largest absolute Gasteiger partial charge is 0.392 e. The molecule has 1 rings (SSSR count). The van der Waals surface area contributed by atoms with Crippen LogP contribution in [0.2, 0.25) is 0 Å². The lowest BCUT2D eigenvalue weighted by molar-refractivity contribution is 0.191. The third-order valence-corrected chi connectivity index (χ3v) is 1.40. The maximum atomic E-state index is 8.80. The summed E-state index contributed by atoms with van der Waals surface area (Å²) in [5, 5.41) is 11.9. The van der Waals surface area contributed by atoms with Crippen molar-refractivity contribution in [3.63, 3.8) is 0 Å². The summed E-state index contributed by atoms with van der Waals surface area (Å²) >= 11 is 0. The van der Waals surface area contributed by atoms with Crippen molar-refractivity contribution < 1.29 is 5.11 Å². The molecule has 0 aromatic rings. The van der Waals surface area contributed by atoms with Gasteiger partial charge >= 0.3 is 0 Å². The highest BCUT2D eigenvalue weighted by atomic mass is 16.3. The molecular weight excluding hydrogens is 90.1 g/mol. The molecule has 3 atom stereocenters. The minimum absolute atomic E-state index is 0.171. The molecule has 0 radical (unpaired) electrons.